The van der Waals surface area contributed by atoms with Crippen molar-refractivity contribution in [2.75, 3.05) is 6.54 Å². The molecule has 0 spiro atoms. The fraction of sp³-hybridized carbons (Fsp3) is 0.211. The number of nitro groups is 1. The molecule has 0 aliphatic carbocycles. The van der Waals surface area contributed by atoms with Crippen molar-refractivity contribution in [1.29, 1.82) is 0 Å². The molecule has 1 N–H and O–H groups in total. The quantitative estimate of drug-likeness (QED) is 0.553. The summed E-state index contributed by atoms with van der Waals surface area (Å²) < 4.78 is 0. The van der Waals surface area contributed by atoms with Gasteiger partial charge < -0.3 is 0 Å². The van der Waals surface area contributed by atoms with Gasteiger partial charge in [0.15, 0.2) is 0 Å². The number of aromatic amines is 1. The lowest BCUT2D eigenvalue weighted by molar-refractivity contribution is -0.384. The molecular formula is C19H17ClN4O2. The van der Waals surface area contributed by atoms with Crippen LogP contribution in [0.3, 0.4) is 0 Å². The summed E-state index contributed by atoms with van der Waals surface area (Å²) >= 11 is 5.93. The van der Waals surface area contributed by atoms with Crippen molar-refractivity contribution in [1.82, 2.24) is 15.1 Å². The third kappa shape index (κ3) is 3.21. The predicted octanol–water partition coefficient (Wildman–Crippen LogP) is 4.20. The van der Waals surface area contributed by atoms with E-state index in [0.717, 1.165) is 43.0 Å². The van der Waals surface area contributed by atoms with Gasteiger partial charge in [-0.1, -0.05) is 48.0 Å². The topological polar surface area (TPSA) is 75.1 Å². The van der Waals surface area contributed by atoms with Crippen molar-refractivity contribution >= 4 is 17.3 Å². The first-order valence-electron chi connectivity index (χ1n) is 8.38. The van der Waals surface area contributed by atoms with Gasteiger partial charge in [-0.3, -0.25) is 20.1 Å². The zero-order valence-electron chi connectivity index (χ0n) is 14.0. The molecule has 132 valence electrons. The SMILES string of the molecule is O=[N+]([O-])c1cc(-c2n[nH]c3c2CN(Cc2ccccc2)CC3)ccc1Cl. The van der Waals surface area contributed by atoms with Crippen molar-refractivity contribution < 1.29 is 4.92 Å². The van der Waals surface area contributed by atoms with Crippen molar-refractivity contribution in [3.05, 3.63) is 80.5 Å². The number of nitrogens with one attached hydrogen (secondary N) is 1. The Bertz CT molecular complexity index is 955. The number of H-pyrrole nitrogens is 1. The van der Waals surface area contributed by atoms with E-state index >= 15 is 0 Å². The van der Waals surface area contributed by atoms with Crippen LogP contribution >= 0.6 is 11.6 Å². The van der Waals surface area contributed by atoms with Crippen LogP contribution in [0, 0.1) is 10.1 Å². The highest BCUT2D eigenvalue weighted by Crippen LogP contribution is 2.33. The van der Waals surface area contributed by atoms with Crippen molar-refractivity contribution in [3.63, 3.8) is 0 Å². The first-order chi connectivity index (χ1) is 12.6. The molecule has 26 heavy (non-hydrogen) atoms. The summed E-state index contributed by atoms with van der Waals surface area (Å²) in [5.74, 6) is 0. The van der Waals surface area contributed by atoms with Gasteiger partial charge in [-0.15, -0.1) is 0 Å². The van der Waals surface area contributed by atoms with Gasteiger partial charge in [0.05, 0.1) is 10.6 Å². The molecule has 6 nitrogen and oxygen atoms in total. The van der Waals surface area contributed by atoms with E-state index in [-0.39, 0.29) is 10.7 Å². The number of fused-ring (bicyclic) bond motifs is 1. The van der Waals surface area contributed by atoms with Gasteiger partial charge in [-0.2, -0.15) is 5.10 Å². The monoisotopic (exact) mass is 368 g/mol. The van der Waals surface area contributed by atoms with E-state index in [4.69, 9.17) is 11.6 Å². The molecule has 1 aliphatic heterocycles. The van der Waals surface area contributed by atoms with Gasteiger partial charge in [-0.05, 0) is 11.6 Å². The molecule has 0 unspecified atom stereocenters. The molecule has 3 aromatic rings. The van der Waals surface area contributed by atoms with Crippen LogP contribution in [0.4, 0.5) is 5.69 Å². The minimum Gasteiger partial charge on any atom is -0.294 e. The van der Waals surface area contributed by atoms with Gasteiger partial charge >= 0.3 is 0 Å². The molecule has 0 saturated heterocycles. The second-order valence-electron chi connectivity index (χ2n) is 6.40. The Labute approximate surface area is 155 Å². The summed E-state index contributed by atoms with van der Waals surface area (Å²) in [7, 11) is 0. The van der Waals surface area contributed by atoms with E-state index < -0.39 is 4.92 Å². The van der Waals surface area contributed by atoms with E-state index in [1.54, 1.807) is 12.1 Å². The summed E-state index contributed by atoms with van der Waals surface area (Å²) in [5, 5.41) is 18.8. The summed E-state index contributed by atoms with van der Waals surface area (Å²) in [4.78, 5) is 13.1. The average molecular weight is 369 g/mol. The van der Waals surface area contributed by atoms with Gasteiger partial charge in [0.1, 0.15) is 5.02 Å². The van der Waals surface area contributed by atoms with Crippen LogP contribution in [0.25, 0.3) is 11.3 Å². The molecule has 0 saturated carbocycles. The predicted molar refractivity (Wildman–Crippen MR) is 99.9 cm³/mol. The minimum absolute atomic E-state index is 0.0992. The highest BCUT2D eigenvalue weighted by molar-refractivity contribution is 6.32. The van der Waals surface area contributed by atoms with E-state index in [1.807, 2.05) is 18.2 Å². The molecule has 0 bridgehead atoms. The van der Waals surface area contributed by atoms with Crippen molar-refractivity contribution in [2.45, 2.75) is 19.5 Å². The third-order valence-electron chi connectivity index (χ3n) is 4.68. The maximum atomic E-state index is 11.2. The molecule has 1 aromatic heterocycles. The molecular weight excluding hydrogens is 352 g/mol. The number of nitro benzene ring substituents is 1. The maximum Gasteiger partial charge on any atom is 0.288 e. The molecule has 4 rings (SSSR count). The second kappa shape index (κ2) is 6.90. The van der Waals surface area contributed by atoms with Crippen molar-refractivity contribution in [2.24, 2.45) is 0 Å². The Balaban J connectivity index is 1.63. The Morgan fingerprint density at radius 3 is 2.81 bits per heavy atom. The van der Waals surface area contributed by atoms with Gasteiger partial charge in [0, 0.05) is 48.9 Å². The summed E-state index contributed by atoms with van der Waals surface area (Å²) in [5.41, 5.74) is 4.84. The Hall–Kier alpha value is -2.70. The van der Waals surface area contributed by atoms with Gasteiger partial charge in [-0.25, -0.2) is 0 Å². The number of halogens is 1. The minimum atomic E-state index is -0.466. The van der Waals surface area contributed by atoms with E-state index in [1.165, 1.54) is 11.6 Å². The summed E-state index contributed by atoms with van der Waals surface area (Å²) in [6.45, 7) is 2.57. The van der Waals surface area contributed by atoms with Crippen LogP contribution in [-0.2, 0) is 19.5 Å². The molecule has 0 amide bonds. The lowest BCUT2D eigenvalue weighted by Gasteiger charge is -2.27. The Morgan fingerprint density at radius 2 is 2.04 bits per heavy atom. The normalized spacial score (nSPS) is 14.2. The fourth-order valence-electron chi connectivity index (χ4n) is 3.37. The van der Waals surface area contributed by atoms with Crippen LogP contribution in [0.5, 0.6) is 0 Å². The standard InChI is InChI=1S/C19H17ClN4O2/c20-16-7-6-14(10-18(16)24(25)26)19-15-12-23(9-8-17(15)21-22-19)11-13-4-2-1-3-5-13/h1-7,10H,8-9,11-12H2,(H,21,22). The molecule has 0 radical (unpaired) electrons. The van der Waals surface area contributed by atoms with E-state index in [2.05, 4.69) is 27.2 Å². The second-order valence-corrected chi connectivity index (χ2v) is 6.81. The van der Waals surface area contributed by atoms with Crippen LogP contribution in [0.1, 0.15) is 16.8 Å². The first-order valence-corrected chi connectivity index (χ1v) is 8.76. The molecule has 0 fully saturated rings. The zero-order valence-corrected chi connectivity index (χ0v) is 14.7. The first kappa shape index (κ1) is 16.8. The smallest absolute Gasteiger partial charge is 0.288 e. The lowest BCUT2D eigenvalue weighted by Crippen LogP contribution is -2.29. The number of benzene rings is 2. The molecule has 0 atom stereocenters. The number of hydrogen-bond donors (Lipinski definition) is 1. The summed E-state index contributed by atoms with van der Waals surface area (Å²) in [6.07, 6.45) is 0.880. The van der Waals surface area contributed by atoms with Gasteiger partial charge in [0.2, 0.25) is 0 Å². The molecule has 2 aromatic carbocycles. The fourth-order valence-corrected chi connectivity index (χ4v) is 3.55. The Morgan fingerprint density at radius 1 is 1.23 bits per heavy atom. The zero-order chi connectivity index (χ0) is 18.1. The third-order valence-corrected chi connectivity index (χ3v) is 5.00. The van der Waals surface area contributed by atoms with E-state index in [0.29, 0.717) is 5.56 Å². The largest absolute Gasteiger partial charge is 0.294 e. The highest BCUT2D eigenvalue weighted by atomic mass is 35.5. The van der Waals surface area contributed by atoms with Crippen LogP contribution < -0.4 is 0 Å². The maximum absolute atomic E-state index is 11.2. The molecule has 2 heterocycles. The van der Waals surface area contributed by atoms with Crippen LogP contribution in [0.2, 0.25) is 5.02 Å². The lowest BCUT2D eigenvalue weighted by atomic mass is 10.00. The Kier molecular flexibility index (Phi) is 4.44. The number of nitrogens with zero attached hydrogens (tertiary/aromatic N) is 3. The average Bonchev–Trinajstić information content (AvgIpc) is 3.06. The number of hydrogen-bond acceptors (Lipinski definition) is 4. The number of rotatable bonds is 4. The molecule has 1 aliphatic rings. The van der Waals surface area contributed by atoms with Crippen LogP contribution in [0.15, 0.2) is 48.5 Å². The number of aromatic nitrogens is 2. The van der Waals surface area contributed by atoms with E-state index in [9.17, 15) is 10.1 Å². The van der Waals surface area contributed by atoms with Crippen LogP contribution in [-0.4, -0.2) is 26.6 Å². The summed E-state index contributed by atoms with van der Waals surface area (Å²) in [6, 6.07) is 15.2. The van der Waals surface area contributed by atoms with Crippen molar-refractivity contribution in [3.8, 4) is 11.3 Å². The van der Waals surface area contributed by atoms with Gasteiger partial charge in [0.25, 0.3) is 5.69 Å². The highest BCUT2D eigenvalue weighted by Gasteiger charge is 2.24. The molecule has 7 heteroatoms.